The van der Waals surface area contributed by atoms with E-state index >= 15 is 0 Å². The third kappa shape index (κ3) is 8.03. The molecule has 0 aliphatic heterocycles. The maximum Gasteiger partial charge on any atom is 0.251 e. The largest absolute Gasteiger partial charge is 0.368 e. The summed E-state index contributed by atoms with van der Waals surface area (Å²) in [6.07, 6.45) is 0. The molecule has 1 heterocycles. The molecule has 0 bridgehead atoms. The van der Waals surface area contributed by atoms with Gasteiger partial charge in [0.2, 0.25) is 5.91 Å². The summed E-state index contributed by atoms with van der Waals surface area (Å²) in [4.78, 5) is 32.5. The van der Waals surface area contributed by atoms with E-state index in [4.69, 9.17) is 11.6 Å². The lowest BCUT2D eigenvalue weighted by Crippen LogP contribution is -2.29. The maximum absolute atomic E-state index is 12.3. The van der Waals surface area contributed by atoms with Crippen LogP contribution in [-0.4, -0.2) is 48.0 Å². The molecule has 172 valence electrons. The van der Waals surface area contributed by atoms with Crippen LogP contribution in [0.2, 0.25) is 5.02 Å². The number of hydrogen-bond donors (Lipinski definition) is 4. The van der Waals surface area contributed by atoms with Crippen LogP contribution in [0, 0.1) is 0 Å². The average Bonchev–Trinajstić information content (AvgIpc) is 2.80. The van der Waals surface area contributed by atoms with Gasteiger partial charge in [-0.2, -0.15) is 0 Å². The highest BCUT2D eigenvalue weighted by molar-refractivity contribution is 9.10. The van der Waals surface area contributed by atoms with Crippen LogP contribution in [0.4, 0.5) is 11.6 Å². The first kappa shape index (κ1) is 24.5. The highest BCUT2D eigenvalue weighted by atomic mass is 79.9. The molecule has 0 aliphatic rings. The quantitative estimate of drug-likeness (QED) is 0.295. The van der Waals surface area contributed by atoms with Crippen LogP contribution < -0.4 is 21.3 Å². The minimum Gasteiger partial charge on any atom is -0.368 e. The highest BCUT2D eigenvalue weighted by Gasteiger charge is 2.09. The van der Waals surface area contributed by atoms with Gasteiger partial charge in [0.05, 0.1) is 0 Å². The van der Waals surface area contributed by atoms with Gasteiger partial charge in [0.25, 0.3) is 5.91 Å². The van der Waals surface area contributed by atoms with Crippen LogP contribution in [-0.2, 0) is 4.79 Å². The molecule has 1 aromatic heterocycles. The molecule has 0 aliphatic carbocycles. The van der Waals surface area contributed by atoms with Crippen molar-refractivity contribution in [2.45, 2.75) is 6.92 Å². The van der Waals surface area contributed by atoms with Gasteiger partial charge in [0.15, 0.2) is 5.82 Å². The summed E-state index contributed by atoms with van der Waals surface area (Å²) in [6.45, 7) is 3.35. The molecule has 0 atom stereocenters. The molecule has 4 N–H and O–H groups in total. The molecular weight excluding hydrogens is 508 g/mol. The molecule has 33 heavy (non-hydrogen) atoms. The first-order chi connectivity index (χ1) is 15.9. The molecule has 2 amide bonds. The monoisotopic (exact) mass is 530 g/mol. The Labute approximate surface area is 205 Å². The van der Waals surface area contributed by atoms with Crippen molar-refractivity contribution < 1.29 is 9.59 Å². The normalized spacial score (nSPS) is 10.4. The van der Waals surface area contributed by atoms with E-state index in [1.807, 2.05) is 24.3 Å². The van der Waals surface area contributed by atoms with Crippen molar-refractivity contribution in [1.82, 2.24) is 20.6 Å². The van der Waals surface area contributed by atoms with E-state index in [9.17, 15) is 9.59 Å². The van der Waals surface area contributed by atoms with Crippen LogP contribution in [0.3, 0.4) is 0 Å². The number of carbonyl (C=O) groups excluding carboxylic acids is 2. The van der Waals surface area contributed by atoms with Crippen molar-refractivity contribution >= 4 is 51.0 Å². The Balaban J connectivity index is 1.64. The number of halogens is 2. The van der Waals surface area contributed by atoms with E-state index in [0.29, 0.717) is 54.2 Å². The zero-order valence-corrected chi connectivity index (χ0v) is 20.3. The number of rotatable bonds is 10. The van der Waals surface area contributed by atoms with Crippen molar-refractivity contribution in [3.05, 3.63) is 69.7 Å². The second-order valence-electron chi connectivity index (χ2n) is 7.07. The summed E-state index contributed by atoms with van der Waals surface area (Å²) in [5.74, 6) is 1.50. The third-order valence-corrected chi connectivity index (χ3v) is 5.18. The first-order valence-corrected chi connectivity index (χ1v) is 11.5. The zero-order valence-electron chi connectivity index (χ0n) is 18.0. The molecule has 3 aromatic rings. The van der Waals surface area contributed by atoms with Gasteiger partial charge in [0, 0.05) is 59.8 Å². The maximum atomic E-state index is 12.3. The van der Waals surface area contributed by atoms with E-state index in [1.54, 1.807) is 30.3 Å². The second-order valence-corrected chi connectivity index (χ2v) is 8.42. The SMILES string of the molecule is CC(=O)NCCNc1cc(NCCNC(=O)c2cccc(Br)c2)nc(-c2ccc(Cl)cc2)n1. The lowest BCUT2D eigenvalue weighted by Gasteiger charge is -2.12. The van der Waals surface area contributed by atoms with Crippen molar-refractivity contribution in [3.63, 3.8) is 0 Å². The number of nitrogens with zero attached hydrogens (tertiary/aromatic N) is 2. The summed E-state index contributed by atoms with van der Waals surface area (Å²) in [5.41, 5.74) is 1.40. The van der Waals surface area contributed by atoms with Gasteiger partial charge < -0.3 is 21.3 Å². The predicted molar refractivity (Wildman–Crippen MR) is 135 cm³/mol. The topological polar surface area (TPSA) is 108 Å². The number of nitrogens with one attached hydrogen (secondary N) is 4. The van der Waals surface area contributed by atoms with Crippen molar-refractivity contribution in [1.29, 1.82) is 0 Å². The fourth-order valence-corrected chi connectivity index (χ4v) is 3.41. The minimum atomic E-state index is -0.150. The van der Waals surface area contributed by atoms with Gasteiger partial charge >= 0.3 is 0 Å². The molecule has 0 saturated carbocycles. The van der Waals surface area contributed by atoms with Gasteiger partial charge in [-0.05, 0) is 42.5 Å². The van der Waals surface area contributed by atoms with Crippen LogP contribution >= 0.6 is 27.5 Å². The highest BCUT2D eigenvalue weighted by Crippen LogP contribution is 2.22. The summed E-state index contributed by atoms with van der Waals surface area (Å²) in [7, 11) is 0. The van der Waals surface area contributed by atoms with E-state index < -0.39 is 0 Å². The molecule has 0 unspecified atom stereocenters. The smallest absolute Gasteiger partial charge is 0.251 e. The standard InChI is InChI=1S/C23H24BrClN6O2/c1-15(32)26-9-10-27-20-14-21(31-22(30-20)16-5-7-19(25)8-6-16)28-11-12-29-23(33)17-3-2-4-18(24)13-17/h2-8,13-14H,9-12H2,1H3,(H,26,32)(H,29,33)(H2,27,28,30,31). The van der Waals surface area contributed by atoms with Crippen molar-refractivity contribution in [3.8, 4) is 11.4 Å². The number of amides is 2. The van der Waals surface area contributed by atoms with E-state index in [1.165, 1.54) is 6.92 Å². The van der Waals surface area contributed by atoms with Gasteiger partial charge in [-0.1, -0.05) is 33.6 Å². The Kier molecular flexibility index (Phi) is 9.03. The average molecular weight is 532 g/mol. The summed E-state index contributed by atoms with van der Waals surface area (Å²) in [6, 6.07) is 16.2. The minimum absolute atomic E-state index is 0.0893. The number of carbonyl (C=O) groups is 2. The first-order valence-electron chi connectivity index (χ1n) is 10.3. The Morgan fingerprint density at radius 3 is 2.12 bits per heavy atom. The van der Waals surface area contributed by atoms with Crippen LogP contribution in [0.15, 0.2) is 59.1 Å². The summed E-state index contributed by atoms with van der Waals surface area (Å²) < 4.78 is 0.850. The van der Waals surface area contributed by atoms with E-state index in [-0.39, 0.29) is 11.8 Å². The molecular formula is C23H24BrClN6O2. The Morgan fingerprint density at radius 2 is 1.52 bits per heavy atom. The summed E-state index contributed by atoms with van der Waals surface area (Å²) >= 11 is 9.37. The molecule has 2 aromatic carbocycles. The fraction of sp³-hybridized carbons (Fsp3) is 0.217. The molecule has 10 heteroatoms. The Hall–Kier alpha value is -3.17. The number of anilines is 2. The molecule has 3 rings (SSSR count). The van der Waals surface area contributed by atoms with Crippen LogP contribution in [0.25, 0.3) is 11.4 Å². The molecule has 0 spiro atoms. The predicted octanol–water partition coefficient (Wildman–Crippen LogP) is 3.95. The Bertz CT molecular complexity index is 1110. The lowest BCUT2D eigenvalue weighted by molar-refractivity contribution is -0.118. The Morgan fingerprint density at radius 1 is 0.879 bits per heavy atom. The molecule has 8 nitrogen and oxygen atoms in total. The second kappa shape index (κ2) is 12.2. The van der Waals surface area contributed by atoms with Crippen molar-refractivity contribution in [2.24, 2.45) is 0 Å². The molecule has 0 radical (unpaired) electrons. The van der Waals surface area contributed by atoms with Gasteiger partial charge in [-0.15, -0.1) is 0 Å². The lowest BCUT2D eigenvalue weighted by atomic mass is 10.2. The fourth-order valence-electron chi connectivity index (χ4n) is 2.88. The van der Waals surface area contributed by atoms with Gasteiger partial charge in [-0.25, -0.2) is 9.97 Å². The number of aromatic nitrogens is 2. The molecule has 0 saturated heterocycles. The van der Waals surface area contributed by atoms with Crippen LogP contribution in [0.1, 0.15) is 17.3 Å². The van der Waals surface area contributed by atoms with Gasteiger partial charge in [0.1, 0.15) is 11.6 Å². The van der Waals surface area contributed by atoms with Gasteiger partial charge in [-0.3, -0.25) is 9.59 Å². The van der Waals surface area contributed by atoms with E-state index in [2.05, 4.69) is 47.2 Å². The summed E-state index contributed by atoms with van der Waals surface area (Å²) in [5, 5.41) is 12.7. The van der Waals surface area contributed by atoms with Crippen molar-refractivity contribution in [2.75, 3.05) is 36.8 Å². The molecule has 0 fully saturated rings. The zero-order chi connectivity index (χ0) is 23.6. The number of benzene rings is 2. The van der Waals surface area contributed by atoms with Crippen LogP contribution in [0.5, 0.6) is 0 Å². The third-order valence-electron chi connectivity index (χ3n) is 4.44. The van der Waals surface area contributed by atoms with E-state index in [0.717, 1.165) is 10.0 Å². The number of hydrogen-bond acceptors (Lipinski definition) is 6.